The summed E-state index contributed by atoms with van der Waals surface area (Å²) >= 11 is 0. The minimum Gasteiger partial charge on any atom is -0.344 e. The SMILES string of the molecule is CC.CN1c2ccccc2C(C)(C)c2ccccc21.Cn1c2ccc(-c3ccccc3)cc2c2cc(-c3ccccc3)ccc21. The van der Waals surface area contributed by atoms with Crippen molar-refractivity contribution in [3.8, 4) is 22.3 Å². The van der Waals surface area contributed by atoms with Crippen LogP contribution in [0.2, 0.25) is 0 Å². The van der Waals surface area contributed by atoms with Crippen molar-refractivity contribution in [3.63, 3.8) is 0 Å². The van der Waals surface area contributed by atoms with Crippen LogP contribution in [0.5, 0.6) is 0 Å². The summed E-state index contributed by atoms with van der Waals surface area (Å²) in [6, 6.07) is 52.1. The summed E-state index contributed by atoms with van der Waals surface area (Å²) in [5, 5.41) is 2.61. The van der Waals surface area contributed by atoms with E-state index in [1.54, 1.807) is 0 Å². The van der Waals surface area contributed by atoms with E-state index in [-0.39, 0.29) is 5.41 Å². The maximum absolute atomic E-state index is 2.32. The summed E-state index contributed by atoms with van der Waals surface area (Å²) in [6.45, 7) is 8.61. The first-order valence-electron chi connectivity index (χ1n) is 16.0. The van der Waals surface area contributed by atoms with Crippen LogP contribution >= 0.6 is 0 Å². The topological polar surface area (TPSA) is 8.17 Å². The van der Waals surface area contributed by atoms with Crippen LogP contribution in [0.4, 0.5) is 11.4 Å². The van der Waals surface area contributed by atoms with E-state index in [1.807, 2.05) is 13.8 Å². The minimum absolute atomic E-state index is 0.0830. The number of rotatable bonds is 2. The van der Waals surface area contributed by atoms with Crippen molar-refractivity contribution in [2.24, 2.45) is 7.05 Å². The van der Waals surface area contributed by atoms with Gasteiger partial charge in [-0.2, -0.15) is 0 Å². The molecule has 1 aliphatic rings. The molecule has 2 nitrogen and oxygen atoms in total. The summed E-state index contributed by atoms with van der Waals surface area (Å²) < 4.78 is 2.29. The lowest BCUT2D eigenvalue weighted by Gasteiger charge is -2.40. The molecule has 0 bridgehead atoms. The second kappa shape index (κ2) is 12.5. The highest BCUT2D eigenvalue weighted by atomic mass is 15.1. The van der Waals surface area contributed by atoms with Gasteiger partial charge in [0.25, 0.3) is 0 Å². The Kier molecular flexibility index (Phi) is 8.32. The predicted octanol–water partition coefficient (Wildman–Crippen LogP) is 11.8. The van der Waals surface area contributed by atoms with Gasteiger partial charge in [-0.15, -0.1) is 0 Å². The lowest BCUT2D eigenvalue weighted by molar-refractivity contribution is 0.629. The summed E-state index contributed by atoms with van der Waals surface area (Å²) in [4.78, 5) is 2.29. The molecule has 45 heavy (non-hydrogen) atoms. The molecule has 8 rings (SSSR count). The molecule has 224 valence electrons. The summed E-state index contributed by atoms with van der Waals surface area (Å²) in [6.07, 6.45) is 0. The molecule has 0 atom stereocenters. The molecule has 0 amide bonds. The van der Waals surface area contributed by atoms with Crippen LogP contribution < -0.4 is 4.90 Å². The highest BCUT2D eigenvalue weighted by Gasteiger charge is 2.34. The molecule has 0 saturated heterocycles. The van der Waals surface area contributed by atoms with Gasteiger partial charge in [-0.05, 0) is 69.8 Å². The van der Waals surface area contributed by atoms with E-state index in [4.69, 9.17) is 0 Å². The van der Waals surface area contributed by atoms with Crippen LogP contribution in [-0.4, -0.2) is 11.6 Å². The van der Waals surface area contributed by atoms with E-state index in [9.17, 15) is 0 Å². The molecule has 0 spiro atoms. The third-order valence-corrected chi connectivity index (χ3v) is 9.10. The van der Waals surface area contributed by atoms with Gasteiger partial charge in [-0.25, -0.2) is 0 Å². The maximum Gasteiger partial charge on any atom is 0.0489 e. The Bertz CT molecular complexity index is 1920. The van der Waals surface area contributed by atoms with Crippen LogP contribution in [0.3, 0.4) is 0 Å². The number of aryl methyl sites for hydroxylation is 1. The van der Waals surface area contributed by atoms with Gasteiger partial charge < -0.3 is 9.47 Å². The van der Waals surface area contributed by atoms with Gasteiger partial charge in [0, 0.05) is 52.7 Å². The van der Waals surface area contributed by atoms with Crippen molar-refractivity contribution in [1.29, 1.82) is 0 Å². The molecular formula is C43H42N2. The molecule has 0 fully saturated rings. The van der Waals surface area contributed by atoms with Gasteiger partial charge in [-0.1, -0.05) is 137 Å². The van der Waals surface area contributed by atoms with E-state index in [2.05, 4.69) is 183 Å². The molecule has 0 radical (unpaired) electrons. The van der Waals surface area contributed by atoms with Gasteiger partial charge in [0.1, 0.15) is 0 Å². The summed E-state index contributed by atoms with van der Waals surface area (Å²) in [5.41, 5.74) is 13.1. The summed E-state index contributed by atoms with van der Waals surface area (Å²) in [5.74, 6) is 0. The number of aromatic nitrogens is 1. The quantitative estimate of drug-likeness (QED) is 0.196. The zero-order chi connectivity index (χ0) is 31.6. The van der Waals surface area contributed by atoms with Gasteiger partial charge >= 0.3 is 0 Å². The number of para-hydroxylation sites is 2. The summed E-state index contributed by atoms with van der Waals surface area (Å²) in [7, 11) is 4.29. The smallest absolute Gasteiger partial charge is 0.0489 e. The van der Waals surface area contributed by atoms with Crippen LogP contribution in [-0.2, 0) is 12.5 Å². The van der Waals surface area contributed by atoms with Crippen molar-refractivity contribution in [1.82, 2.24) is 4.57 Å². The zero-order valence-electron chi connectivity index (χ0n) is 27.3. The second-order valence-electron chi connectivity index (χ2n) is 12.0. The molecule has 0 saturated carbocycles. The largest absolute Gasteiger partial charge is 0.344 e. The van der Waals surface area contributed by atoms with Gasteiger partial charge in [0.2, 0.25) is 0 Å². The number of fused-ring (bicyclic) bond motifs is 5. The number of nitrogens with zero attached hydrogens (tertiary/aromatic N) is 2. The third kappa shape index (κ3) is 5.42. The van der Waals surface area contributed by atoms with E-state index < -0.39 is 0 Å². The first kappa shape index (κ1) is 30.0. The average Bonchev–Trinajstić information content (AvgIpc) is 3.39. The van der Waals surface area contributed by atoms with Crippen LogP contribution in [0.15, 0.2) is 146 Å². The first-order chi connectivity index (χ1) is 21.9. The van der Waals surface area contributed by atoms with Crippen LogP contribution in [0.25, 0.3) is 44.1 Å². The third-order valence-electron chi connectivity index (χ3n) is 9.10. The molecule has 0 unspecified atom stereocenters. The van der Waals surface area contributed by atoms with Crippen molar-refractivity contribution in [3.05, 3.63) is 157 Å². The van der Waals surface area contributed by atoms with Crippen molar-refractivity contribution in [2.45, 2.75) is 33.1 Å². The Hall–Kier alpha value is -5.08. The van der Waals surface area contributed by atoms with Gasteiger partial charge in [-0.3, -0.25) is 0 Å². The molecule has 7 aromatic rings. The molecule has 1 aromatic heterocycles. The fourth-order valence-electron chi connectivity index (χ4n) is 6.70. The molecule has 1 aliphatic heterocycles. The van der Waals surface area contributed by atoms with Crippen LogP contribution in [0, 0.1) is 0 Å². The predicted molar refractivity (Wildman–Crippen MR) is 196 cm³/mol. The average molecular weight is 587 g/mol. The Morgan fingerprint density at radius 2 is 0.800 bits per heavy atom. The Labute approximate surface area is 268 Å². The van der Waals surface area contributed by atoms with E-state index in [0.717, 1.165) is 0 Å². The fourth-order valence-corrected chi connectivity index (χ4v) is 6.70. The Morgan fingerprint density at radius 3 is 1.22 bits per heavy atom. The molecule has 0 aliphatic carbocycles. The highest BCUT2D eigenvalue weighted by molar-refractivity contribution is 6.10. The van der Waals surface area contributed by atoms with Gasteiger partial charge in [0.15, 0.2) is 0 Å². The van der Waals surface area contributed by atoms with Crippen molar-refractivity contribution in [2.75, 3.05) is 11.9 Å². The van der Waals surface area contributed by atoms with E-state index in [0.29, 0.717) is 0 Å². The highest BCUT2D eigenvalue weighted by Crippen LogP contribution is 2.47. The minimum atomic E-state index is 0.0830. The standard InChI is InChI=1S/C25H19N.C16H17N.C2H6/c1-26-24-14-12-20(18-8-4-2-5-9-18)16-22(24)23-17-21(13-15-25(23)26)19-10-6-3-7-11-19;1-16(2)12-8-4-6-10-14(12)17(3)15-11-7-5-9-13(15)16;1-2/h2-17H,1H3;4-11H,1-3H3;1-2H3. The molecule has 2 heterocycles. The van der Waals surface area contributed by atoms with Gasteiger partial charge in [0.05, 0.1) is 0 Å². The number of anilines is 2. The Balaban J connectivity index is 0.000000163. The fraction of sp³-hybridized carbons (Fsp3) is 0.163. The van der Waals surface area contributed by atoms with Crippen molar-refractivity contribution >= 4 is 33.2 Å². The molecule has 0 N–H and O–H groups in total. The monoisotopic (exact) mass is 586 g/mol. The number of hydrogen-bond acceptors (Lipinski definition) is 1. The molecule has 6 aromatic carbocycles. The zero-order valence-corrected chi connectivity index (χ0v) is 27.3. The first-order valence-corrected chi connectivity index (χ1v) is 16.0. The van der Waals surface area contributed by atoms with E-state index >= 15 is 0 Å². The van der Waals surface area contributed by atoms with E-state index in [1.165, 1.54) is 66.6 Å². The normalized spacial score (nSPS) is 12.8. The van der Waals surface area contributed by atoms with Crippen molar-refractivity contribution < 1.29 is 0 Å². The molecular weight excluding hydrogens is 544 g/mol. The second-order valence-corrected chi connectivity index (χ2v) is 12.0. The lowest BCUT2D eigenvalue weighted by Crippen LogP contribution is -2.30. The number of hydrogen-bond donors (Lipinski definition) is 0. The Morgan fingerprint density at radius 1 is 0.422 bits per heavy atom. The lowest BCUT2D eigenvalue weighted by atomic mass is 9.74. The number of benzene rings is 6. The van der Waals surface area contributed by atoms with Crippen LogP contribution in [0.1, 0.15) is 38.8 Å². The molecule has 2 heteroatoms. The maximum atomic E-state index is 2.32.